The number of hydrogen-bond acceptors (Lipinski definition) is 2. The first-order valence-electron chi connectivity index (χ1n) is 2.22. The third kappa shape index (κ3) is 4.31. The lowest BCUT2D eigenvalue weighted by Gasteiger charge is -1.86. The molecule has 0 heterocycles. The Balaban J connectivity index is 2.34. The van der Waals surface area contributed by atoms with E-state index in [0.717, 1.165) is 25.1 Å². The van der Waals surface area contributed by atoms with Gasteiger partial charge in [0.05, 0.1) is 0 Å². The monoisotopic (exact) mass is 105 g/mol. The molecule has 0 aromatic heterocycles. The second kappa shape index (κ2) is 5.31. The lowest BCUT2D eigenvalue weighted by atomic mass is 10.3. The minimum atomic E-state index is 0.806. The molecule has 0 unspecified atom stereocenters. The third-order valence-electron chi connectivity index (χ3n) is 0.612. The first-order valence-corrected chi connectivity index (χ1v) is 2.86. The number of thiol groups is 1. The summed E-state index contributed by atoms with van der Waals surface area (Å²) in [7, 11) is 0. The fourth-order valence-electron chi connectivity index (χ4n) is 0.256. The Bertz CT molecular complexity index is 19.5. The molecule has 38 valence electrons. The molecular formula is C4H11NS. The lowest BCUT2D eigenvalue weighted by Crippen LogP contribution is -1.97. The van der Waals surface area contributed by atoms with Gasteiger partial charge >= 0.3 is 0 Å². The first kappa shape index (κ1) is 6.31. The van der Waals surface area contributed by atoms with Gasteiger partial charge in [0.2, 0.25) is 0 Å². The number of rotatable bonds is 3. The van der Waals surface area contributed by atoms with Crippen LogP contribution in [-0.4, -0.2) is 12.3 Å². The molecule has 0 aliphatic heterocycles. The normalized spacial score (nSPS) is 9.00. The first-order chi connectivity index (χ1) is 2.91. The van der Waals surface area contributed by atoms with Crippen LogP contribution in [0, 0.1) is 0 Å². The second-order valence-electron chi connectivity index (χ2n) is 1.22. The molecule has 0 aliphatic carbocycles. The minimum Gasteiger partial charge on any atom is -0.330 e. The highest BCUT2D eigenvalue weighted by atomic mass is 32.1. The Morgan fingerprint density at radius 1 is 1.33 bits per heavy atom. The van der Waals surface area contributed by atoms with E-state index in [1.54, 1.807) is 0 Å². The molecule has 0 aliphatic rings. The van der Waals surface area contributed by atoms with Crippen molar-refractivity contribution in [2.45, 2.75) is 12.8 Å². The highest BCUT2D eigenvalue weighted by molar-refractivity contribution is 7.80. The fourth-order valence-corrected chi connectivity index (χ4v) is 0.480. The van der Waals surface area contributed by atoms with E-state index in [4.69, 9.17) is 5.73 Å². The summed E-state index contributed by atoms with van der Waals surface area (Å²) < 4.78 is 0. The summed E-state index contributed by atoms with van der Waals surface area (Å²) in [5.41, 5.74) is 5.18. The molecular weight excluding hydrogens is 94.1 g/mol. The maximum absolute atomic E-state index is 5.18. The predicted octanol–water partition coefficient (Wildman–Crippen LogP) is 0.655. The topological polar surface area (TPSA) is 26.0 Å². The largest absolute Gasteiger partial charge is 0.330 e. The van der Waals surface area contributed by atoms with Crippen molar-refractivity contribution < 1.29 is 0 Å². The van der Waals surface area contributed by atoms with Crippen LogP contribution in [0.3, 0.4) is 0 Å². The molecule has 1 nitrogen and oxygen atoms in total. The van der Waals surface area contributed by atoms with Gasteiger partial charge in [-0.1, -0.05) is 0 Å². The Hall–Kier alpha value is 0.310. The van der Waals surface area contributed by atoms with Crippen molar-refractivity contribution in [1.29, 1.82) is 0 Å². The maximum atomic E-state index is 5.18. The predicted molar refractivity (Wildman–Crippen MR) is 32.1 cm³/mol. The molecule has 6 heavy (non-hydrogen) atoms. The van der Waals surface area contributed by atoms with Crippen LogP contribution in [0.4, 0.5) is 0 Å². The van der Waals surface area contributed by atoms with Crippen molar-refractivity contribution >= 4 is 12.6 Å². The molecule has 0 aromatic carbocycles. The van der Waals surface area contributed by atoms with Crippen LogP contribution >= 0.6 is 12.6 Å². The molecule has 0 spiro atoms. The quantitative estimate of drug-likeness (QED) is 0.400. The van der Waals surface area contributed by atoms with Crippen LogP contribution in [0.2, 0.25) is 0 Å². The summed E-state index contributed by atoms with van der Waals surface area (Å²) >= 11 is 4.00. The Morgan fingerprint density at radius 2 is 2.00 bits per heavy atom. The molecule has 0 aromatic rings. The fraction of sp³-hybridized carbons (Fsp3) is 1.00. The average molecular weight is 105 g/mol. The van der Waals surface area contributed by atoms with E-state index in [9.17, 15) is 0 Å². The van der Waals surface area contributed by atoms with Crippen molar-refractivity contribution in [2.75, 3.05) is 12.3 Å². The van der Waals surface area contributed by atoms with Crippen LogP contribution < -0.4 is 5.73 Å². The highest BCUT2D eigenvalue weighted by Gasteiger charge is 1.75. The van der Waals surface area contributed by atoms with Crippen molar-refractivity contribution in [2.24, 2.45) is 5.73 Å². The Morgan fingerprint density at radius 3 is 2.17 bits per heavy atom. The SMILES string of the molecule is NCCCCS. The highest BCUT2D eigenvalue weighted by Crippen LogP contribution is 1.85. The molecule has 0 radical (unpaired) electrons. The van der Waals surface area contributed by atoms with E-state index in [0.29, 0.717) is 0 Å². The molecule has 0 fully saturated rings. The van der Waals surface area contributed by atoms with Crippen LogP contribution in [0.5, 0.6) is 0 Å². The molecule has 0 bridgehead atoms. The molecule has 2 N–H and O–H groups in total. The summed E-state index contributed by atoms with van der Waals surface area (Å²) in [4.78, 5) is 0. The molecule has 0 saturated carbocycles. The van der Waals surface area contributed by atoms with Crippen molar-refractivity contribution in [3.63, 3.8) is 0 Å². The van der Waals surface area contributed by atoms with Gasteiger partial charge in [-0.05, 0) is 25.1 Å². The van der Waals surface area contributed by atoms with Crippen molar-refractivity contribution in [3.05, 3.63) is 0 Å². The van der Waals surface area contributed by atoms with E-state index in [-0.39, 0.29) is 0 Å². The van der Waals surface area contributed by atoms with Crippen LogP contribution in [0.25, 0.3) is 0 Å². The van der Waals surface area contributed by atoms with Gasteiger partial charge in [-0.25, -0.2) is 0 Å². The van der Waals surface area contributed by atoms with E-state index >= 15 is 0 Å². The summed E-state index contributed by atoms with van der Waals surface area (Å²) in [5, 5.41) is 0. The Labute approximate surface area is 44.3 Å². The van der Waals surface area contributed by atoms with Gasteiger partial charge in [0.15, 0.2) is 0 Å². The molecule has 2 heteroatoms. The van der Waals surface area contributed by atoms with Gasteiger partial charge in [-0.15, -0.1) is 0 Å². The number of nitrogens with two attached hydrogens (primary N) is 1. The third-order valence-corrected chi connectivity index (χ3v) is 0.928. The zero-order chi connectivity index (χ0) is 4.83. The van der Waals surface area contributed by atoms with Crippen LogP contribution in [-0.2, 0) is 0 Å². The van der Waals surface area contributed by atoms with Gasteiger partial charge in [0.1, 0.15) is 0 Å². The maximum Gasteiger partial charge on any atom is -0.00770 e. The van der Waals surface area contributed by atoms with E-state index in [1.807, 2.05) is 0 Å². The van der Waals surface area contributed by atoms with Gasteiger partial charge in [-0.3, -0.25) is 0 Å². The van der Waals surface area contributed by atoms with Gasteiger partial charge in [0, 0.05) is 0 Å². The minimum absolute atomic E-state index is 0.806. The summed E-state index contributed by atoms with van der Waals surface area (Å²) in [5.74, 6) is 0.969. The van der Waals surface area contributed by atoms with Crippen LogP contribution in [0.15, 0.2) is 0 Å². The molecule has 0 saturated heterocycles. The lowest BCUT2D eigenvalue weighted by molar-refractivity contribution is 0.816. The van der Waals surface area contributed by atoms with E-state index in [1.165, 1.54) is 0 Å². The number of hydrogen-bond donors (Lipinski definition) is 2. The summed E-state index contributed by atoms with van der Waals surface area (Å²) in [6.45, 7) is 0.806. The molecule has 0 rings (SSSR count). The summed E-state index contributed by atoms with van der Waals surface area (Å²) in [6, 6.07) is 0. The second-order valence-corrected chi connectivity index (χ2v) is 1.67. The van der Waals surface area contributed by atoms with Crippen LogP contribution in [0.1, 0.15) is 12.8 Å². The zero-order valence-electron chi connectivity index (χ0n) is 3.85. The zero-order valence-corrected chi connectivity index (χ0v) is 4.75. The van der Waals surface area contributed by atoms with Crippen molar-refractivity contribution in [1.82, 2.24) is 0 Å². The van der Waals surface area contributed by atoms with Crippen molar-refractivity contribution in [3.8, 4) is 0 Å². The molecule has 0 atom stereocenters. The Kier molecular flexibility index (Phi) is 5.58. The standard InChI is InChI=1S/C4H11NS/c5-3-1-2-4-6/h6H,1-5H2. The van der Waals surface area contributed by atoms with Gasteiger partial charge in [0.25, 0.3) is 0 Å². The smallest absolute Gasteiger partial charge is 0.00770 e. The van der Waals surface area contributed by atoms with E-state index in [2.05, 4.69) is 12.6 Å². The van der Waals surface area contributed by atoms with E-state index < -0.39 is 0 Å². The summed E-state index contributed by atoms with van der Waals surface area (Å²) in [6.07, 6.45) is 2.27. The van der Waals surface area contributed by atoms with Gasteiger partial charge in [-0.2, -0.15) is 12.6 Å². The van der Waals surface area contributed by atoms with Gasteiger partial charge < -0.3 is 5.73 Å². The average Bonchev–Trinajstić information content (AvgIpc) is 1.61. The number of unbranched alkanes of at least 4 members (excludes halogenated alkanes) is 1. The molecule has 0 amide bonds.